The molecule has 0 aliphatic rings. The number of allylic oxidation sites excluding steroid dienone is 6. The Morgan fingerprint density at radius 2 is 0.842 bits per heavy atom. The van der Waals surface area contributed by atoms with Crippen molar-refractivity contribution in [3.8, 4) is 0 Å². The van der Waals surface area contributed by atoms with Gasteiger partial charge in [-0.3, -0.25) is 0 Å². The van der Waals surface area contributed by atoms with Gasteiger partial charge in [0, 0.05) is 0 Å². The maximum atomic E-state index is 2.49. The zero-order valence-electron chi connectivity index (χ0n) is 14.0. The van der Waals surface area contributed by atoms with Crippen molar-refractivity contribution in [3.05, 3.63) is 33.8 Å². The van der Waals surface area contributed by atoms with E-state index < -0.39 is 8.80 Å². The van der Waals surface area contributed by atoms with Gasteiger partial charge in [-0.15, -0.1) is 0 Å². The summed E-state index contributed by atoms with van der Waals surface area (Å²) in [5, 5.41) is 5.15. The van der Waals surface area contributed by atoms with Crippen molar-refractivity contribution in [1.82, 2.24) is 0 Å². The Morgan fingerprint density at radius 3 is 1.00 bits per heavy atom. The predicted octanol–water partition coefficient (Wildman–Crippen LogP) is 6.34. The molecule has 0 aromatic carbocycles. The van der Waals surface area contributed by atoms with Crippen molar-refractivity contribution in [2.75, 3.05) is 0 Å². The van der Waals surface area contributed by atoms with Crippen LogP contribution in [0.4, 0.5) is 0 Å². The molecule has 0 saturated heterocycles. The van der Waals surface area contributed by atoms with Crippen LogP contribution < -0.4 is 0 Å². The van der Waals surface area contributed by atoms with Crippen molar-refractivity contribution in [3.63, 3.8) is 0 Å². The molecule has 0 aromatic heterocycles. The lowest BCUT2D eigenvalue weighted by Crippen LogP contribution is -2.24. The van der Waals surface area contributed by atoms with Crippen LogP contribution in [0, 0.1) is 0 Å². The fourth-order valence-electron chi connectivity index (χ4n) is 2.63. The number of rotatable bonds is 9. The van der Waals surface area contributed by atoms with E-state index in [0.717, 1.165) is 0 Å². The molecule has 0 unspecified atom stereocenters. The largest absolute Gasteiger partial charge is 0.140 e. The Hall–Kier alpha value is -0.563. The summed E-state index contributed by atoms with van der Waals surface area (Å²) < 4.78 is 0. The highest BCUT2D eigenvalue weighted by Crippen LogP contribution is 2.26. The maximum Gasteiger partial charge on any atom is 0.140 e. The van der Waals surface area contributed by atoms with E-state index in [0.29, 0.717) is 0 Å². The number of hydrogen-bond acceptors (Lipinski definition) is 0. The van der Waals surface area contributed by atoms with Crippen LogP contribution in [-0.4, -0.2) is 8.80 Å². The minimum absolute atomic E-state index is 0.617. The average Bonchev–Trinajstić information content (AvgIpc) is 2.43. The van der Waals surface area contributed by atoms with Crippen LogP contribution in [-0.2, 0) is 0 Å². The second-order valence-electron chi connectivity index (χ2n) is 4.85. The number of hydrogen-bond donors (Lipinski definition) is 0. The molecule has 0 amide bonds. The molecule has 0 heterocycles. The lowest BCUT2D eigenvalue weighted by Gasteiger charge is -2.23. The zero-order valence-corrected chi connectivity index (χ0v) is 15.0. The molecule has 0 N–H and O–H groups in total. The first-order valence-corrected chi connectivity index (χ1v) is 9.64. The van der Waals surface area contributed by atoms with E-state index in [2.05, 4.69) is 59.8 Å². The highest BCUT2D eigenvalue weighted by atomic mass is 28.3. The van der Waals surface area contributed by atoms with Gasteiger partial charge in [0.15, 0.2) is 0 Å². The SMILES string of the molecule is CC/C=C(/CC)[Si](/C(=C\CC)CC)/C(=C\CC)CC. The van der Waals surface area contributed by atoms with Crippen LogP contribution in [0.25, 0.3) is 0 Å². The molecule has 0 spiro atoms. The molecular weight excluding hydrogens is 244 g/mol. The predicted molar refractivity (Wildman–Crippen MR) is 91.7 cm³/mol. The van der Waals surface area contributed by atoms with E-state index in [1.807, 2.05) is 0 Å². The summed E-state index contributed by atoms with van der Waals surface area (Å²) in [6, 6.07) is 0. The third-order valence-electron chi connectivity index (χ3n) is 3.46. The van der Waals surface area contributed by atoms with Crippen LogP contribution in [0.1, 0.15) is 80.1 Å². The molecule has 0 aliphatic carbocycles. The van der Waals surface area contributed by atoms with E-state index in [1.54, 1.807) is 15.6 Å². The first-order chi connectivity index (χ1) is 9.19. The van der Waals surface area contributed by atoms with Crippen LogP contribution >= 0.6 is 0 Å². The molecule has 0 rings (SSSR count). The van der Waals surface area contributed by atoms with Crippen molar-refractivity contribution >= 4 is 8.80 Å². The van der Waals surface area contributed by atoms with Gasteiger partial charge in [-0.1, -0.05) is 75.4 Å². The van der Waals surface area contributed by atoms with Crippen LogP contribution in [0.15, 0.2) is 33.8 Å². The molecule has 0 fully saturated rings. The zero-order chi connectivity index (χ0) is 14.7. The molecule has 0 aromatic rings. The Kier molecular flexibility index (Phi) is 10.9. The molecule has 0 bridgehead atoms. The third kappa shape index (κ3) is 5.95. The second-order valence-corrected chi connectivity index (χ2v) is 7.53. The van der Waals surface area contributed by atoms with Crippen LogP contribution in [0.5, 0.6) is 0 Å². The standard InChI is InChI=1S/C18H33Si/c1-7-13-16(10-4)19(17(11-5)14-8-2)18(12-6)15-9-3/h13-15H,7-12H2,1-6H3/b16-13-,17-14-,18-15-. The fraction of sp³-hybridized carbons (Fsp3) is 0.667. The summed E-state index contributed by atoms with van der Waals surface area (Å²) in [7, 11) is -0.617. The van der Waals surface area contributed by atoms with Gasteiger partial charge in [0.25, 0.3) is 0 Å². The molecule has 1 heteroatoms. The molecule has 19 heavy (non-hydrogen) atoms. The summed E-state index contributed by atoms with van der Waals surface area (Å²) in [6.45, 7) is 13.8. The van der Waals surface area contributed by atoms with Gasteiger partial charge in [-0.2, -0.15) is 0 Å². The topological polar surface area (TPSA) is 0 Å². The monoisotopic (exact) mass is 277 g/mol. The summed E-state index contributed by atoms with van der Waals surface area (Å²) in [4.78, 5) is 0. The summed E-state index contributed by atoms with van der Waals surface area (Å²) in [5.41, 5.74) is 0. The van der Waals surface area contributed by atoms with E-state index in [9.17, 15) is 0 Å². The van der Waals surface area contributed by atoms with Gasteiger partial charge in [-0.25, -0.2) is 0 Å². The van der Waals surface area contributed by atoms with Gasteiger partial charge < -0.3 is 0 Å². The van der Waals surface area contributed by atoms with E-state index >= 15 is 0 Å². The molecule has 1 radical (unpaired) electrons. The lowest BCUT2D eigenvalue weighted by molar-refractivity contribution is 1.07. The van der Waals surface area contributed by atoms with E-state index in [-0.39, 0.29) is 0 Å². The fourth-order valence-corrected chi connectivity index (χ4v) is 6.15. The molecule has 0 aliphatic heterocycles. The van der Waals surface area contributed by atoms with Gasteiger partial charge in [0.2, 0.25) is 0 Å². The van der Waals surface area contributed by atoms with Gasteiger partial charge in [0.05, 0.1) is 0 Å². The summed E-state index contributed by atoms with van der Waals surface area (Å²) in [6.07, 6.45) is 14.6. The maximum absolute atomic E-state index is 2.49. The highest BCUT2D eigenvalue weighted by Gasteiger charge is 2.22. The summed E-state index contributed by atoms with van der Waals surface area (Å²) >= 11 is 0. The van der Waals surface area contributed by atoms with Gasteiger partial charge in [-0.05, 0) is 38.5 Å². The Morgan fingerprint density at radius 1 is 0.579 bits per heavy atom. The second kappa shape index (κ2) is 11.3. The third-order valence-corrected chi connectivity index (χ3v) is 7.06. The van der Waals surface area contributed by atoms with Crippen LogP contribution in [0.2, 0.25) is 0 Å². The molecular formula is C18H33Si. The first-order valence-electron chi connectivity index (χ1n) is 8.14. The van der Waals surface area contributed by atoms with E-state index in [1.165, 1.54) is 38.5 Å². The van der Waals surface area contributed by atoms with Crippen molar-refractivity contribution < 1.29 is 0 Å². The van der Waals surface area contributed by atoms with Gasteiger partial charge in [0.1, 0.15) is 8.80 Å². The first kappa shape index (κ1) is 18.4. The quantitative estimate of drug-likeness (QED) is 0.431. The molecule has 0 nitrogen and oxygen atoms in total. The average molecular weight is 278 g/mol. The molecule has 0 saturated carbocycles. The Balaban J connectivity index is 5.64. The van der Waals surface area contributed by atoms with Gasteiger partial charge >= 0.3 is 0 Å². The lowest BCUT2D eigenvalue weighted by atomic mass is 10.3. The van der Waals surface area contributed by atoms with Crippen molar-refractivity contribution in [1.29, 1.82) is 0 Å². The molecule has 0 atom stereocenters. The normalized spacial score (nSPS) is 14.4. The van der Waals surface area contributed by atoms with Crippen LogP contribution in [0.3, 0.4) is 0 Å². The summed E-state index contributed by atoms with van der Waals surface area (Å²) in [5.74, 6) is 0. The van der Waals surface area contributed by atoms with Crippen molar-refractivity contribution in [2.24, 2.45) is 0 Å². The Bertz CT molecular complexity index is 268. The highest BCUT2D eigenvalue weighted by molar-refractivity contribution is 6.80. The molecule has 109 valence electrons. The van der Waals surface area contributed by atoms with Crippen molar-refractivity contribution in [2.45, 2.75) is 80.1 Å². The smallest absolute Gasteiger partial charge is 0.0890 e. The Labute approximate surface area is 123 Å². The minimum Gasteiger partial charge on any atom is -0.0890 e. The minimum atomic E-state index is -0.617. The van der Waals surface area contributed by atoms with E-state index in [4.69, 9.17) is 0 Å².